The van der Waals surface area contributed by atoms with E-state index in [1.54, 1.807) is 13.3 Å². The van der Waals surface area contributed by atoms with Crippen molar-refractivity contribution in [3.63, 3.8) is 0 Å². The number of rotatable bonds is 1. The Hall–Kier alpha value is -0.570. The van der Waals surface area contributed by atoms with Gasteiger partial charge in [0, 0.05) is 6.20 Å². The van der Waals surface area contributed by atoms with Crippen molar-refractivity contribution in [2.45, 2.75) is 6.92 Å². The number of ether oxygens (including phenoxy) is 1. The fourth-order valence-electron chi connectivity index (χ4n) is 0.767. The molecule has 0 bridgehead atoms. The molecule has 10 heavy (non-hydrogen) atoms. The number of hydrogen-bond donors (Lipinski definition) is 0. The van der Waals surface area contributed by atoms with Gasteiger partial charge in [-0.25, -0.2) is 0 Å². The van der Waals surface area contributed by atoms with E-state index in [0.717, 1.165) is 15.9 Å². The topological polar surface area (TPSA) is 22.1 Å². The van der Waals surface area contributed by atoms with Gasteiger partial charge in [-0.2, -0.15) is 0 Å². The summed E-state index contributed by atoms with van der Waals surface area (Å²) in [4.78, 5) is 4.06. The minimum absolute atomic E-state index is 0.808. The van der Waals surface area contributed by atoms with Crippen molar-refractivity contribution in [1.29, 1.82) is 0 Å². The Morgan fingerprint density at radius 1 is 1.60 bits per heavy atom. The van der Waals surface area contributed by atoms with Gasteiger partial charge in [-0.1, -0.05) is 0 Å². The molecule has 0 aliphatic carbocycles. The van der Waals surface area contributed by atoms with Crippen LogP contribution in [0.1, 0.15) is 5.69 Å². The van der Waals surface area contributed by atoms with Gasteiger partial charge in [-0.05, 0) is 28.9 Å². The number of nitrogens with zero attached hydrogens (tertiary/aromatic N) is 1. The lowest BCUT2D eigenvalue weighted by Crippen LogP contribution is -1.90. The fourth-order valence-corrected chi connectivity index (χ4v) is 1.33. The molecule has 0 aromatic carbocycles. The molecule has 0 saturated carbocycles. The van der Waals surface area contributed by atoms with Gasteiger partial charge >= 0.3 is 0 Å². The molecule has 0 N–H and O–H groups in total. The molecule has 0 amide bonds. The van der Waals surface area contributed by atoms with Gasteiger partial charge in [0.05, 0.1) is 17.3 Å². The first-order chi connectivity index (χ1) is 4.75. The molecule has 0 aliphatic rings. The van der Waals surface area contributed by atoms with Crippen LogP contribution in [0, 0.1) is 6.92 Å². The maximum absolute atomic E-state index is 5.07. The van der Waals surface area contributed by atoms with E-state index in [9.17, 15) is 0 Å². The third-order valence-electron chi connectivity index (χ3n) is 1.24. The summed E-state index contributed by atoms with van der Waals surface area (Å²) in [5, 5.41) is 0. The molecular formula is C7H8BrNO. The van der Waals surface area contributed by atoms with Crippen molar-refractivity contribution in [2.24, 2.45) is 0 Å². The van der Waals surface area contributed by atoms with Crippen LogP contribution in [0.3, 0.4) is 0 Å². The lowest BCUT2D eigenvalue weighted by atomic mass is 10.3. The molecule has 0 aliphatic heterocycles. The molecule has 0 unspecified atom stereocenters. The van der Waals surface area contributed by atoms with Gasteiger partial charge in [0.25, 0.3) is 0 Å². The molecule has 1 aromatic heterocycles. The smallest absolute Gasteiger partial charge is 0.154 e. The van der Waals surface area contributed by atoms with Gasteiger partial charge < -0.3 is 4.74 Å². The predicted molar refractivity (Wildman–Crippen MR) is 43.2 cm³/mol. The first kappa shape index (κ1) is 7.54. The zero-order chi connectivity index (χ0) is 7.56. The fraction of sp³-hybridized carbons (Fsp3) is 0.286. The minimum atomic E-state index is 0.808. The maximum Gasteiger partial charge on any atom is 0.154 e. The standard InChI is InChI=1S/C7H8BrNO/c1-5-7(10-2)6(8)3-4-9-5/h3-4H,1-2H3. The quantitative estimate of drug-likeness (QED) is 0.696. The van der Waals surface area contributed by atoms with Crippen LogP contribution in [0.2, 0.25) is 0 Å². The number of pyridine rings is 1. The zero-order valence-corrected chi connectivity index (χ0v) is 7.47. The summed E-state index contributed by atoms with van der Waals surface area (Å²) in [5.41, 5.74) is 0.900. The van der Waals surface area contributed by atoms with E-state index >= 15 is 0 Å². The van der Waals surface area contributed by atoms with Crippen LogP contribution in [0.4, 0.5) is 0 Å². The summed E-state index contributed by atoms with van der Waals surface area (Å²) in [6, 6.07) is 1.85. The van der Waals surface area contributed by atoms with Crippen LogP contribution in [0.15, 0.2) is 16.7 Å². The zero-order valence-electron chi connectivity index (χ0n) is 5.89. The highest BCUT2D eigenvalue weighted by molar-refractivity contribution is 9.10. The Labute approximate surface area is 68.4 Å². The van der Waals surface area contributed by atoms with E-state index < -0.39 is 0 Å². The molecular weight excluding hydrogens is 194 g/mol. The minimum Gasteiger partial charge on any atom is -0.494 e. The molecule has 0 fully saturated rings. The molecule has 2 nitrogen and oxygen atoms in total. The van der Waals surface area contributed by atoms with Crippen LogP contribution in [-0.4, -0.2) is 12.1 Å². The van der Waals surface area contributed by atoms with Crippen molar-refractivity contribution in [3.8, 4) is 5.75 Å². The highest BCUT2D eigenvalue weighted by atomic mass is 79.9. The molecule has 54 valence electrons. The highest BCUT2D eigenvalue weighted by Gasteiger charge is 2.01. The normalized spacial score (nSPS) is 9.50. The Kier molecular flexibility index (Phi) is 2.27. The summed E-state index contributed by atoms with van der Waals surface area (Å²) >= 11 is 3.34. The lowest BCUT2D eigenvalue weighted by Gasteiger charge is -2.03. The van der Waals surface area contributed by atoms with E-state index in [4.69, 9.17) is 4.74 Å². The summed E-state index contributed by atoms with van der Waals surface area (Å²) in [5.74, 6) is 0.808. The van der Waals surface area contributed by atoms with Crippen LogP contribution in [0.5, 0.6) is 5.75 Å². The number of hydrogen-bond acceptors (Lipinski definition) is 2. The first-order valence-electron chi connectivity index (χ1n) is 2.91. The van der Waals surface area contributed by atoms with Crippen molar-refractivity contribution in [1.82, 2.24) is 4.98 Å². The Morgan fingerprint density at radius 3 is 2.70 bits per heavy atom. The van der Waals surface area contributed by atoms with Gasteiger partial charge in [0.2, 0.25) is 0 Å². The Morgan fingerprint density at radius 2 is 2.30 bits per heavy atom. The second-order valence-electron chi connectivity index (χ2n) is 1.91. The lowest BCUT2D eigenvalue weighted by molar-refractivity contribution is 0.406. The van der Waals surface area contributed by atoms with E-state index in [1.165, 1.54) is 0 Å². The number of methoxy groups -OCH3 is 1. The van der Waals surface area contributed by atoms with E-state index in [-0.39, 0.29) is 0 Å². The van der Waals surface area contributed by atoms with Crippen molar-refractivity contribution < 1.29 is 4.74 Å². The predicted octanol–water partition coefficient (Wildman–Crippen LogP) is 2.16. The van der Waals surface area contributed by atoms with Crippen molar-refractivity contribution in [3.05, 3.63) is 22.4 Å². The molecule has 0 radical (unpaired) electrons. The number of aromatic nitrogens is 1. The summed E-state index contributed by atoms with van der Waals surface area (Å²) < 4.78 is 6.01. The van der Waals surface area contributed by atoms with Gasteiger partial charge in [0.15, 0.2) is 5.75 Å². The molecule has 0 spiro atoms. The largest absolute Gasteiger partial charge is 0.494 e. The van der Waals surface area contributed by atoms with Crippen LogP contribution >= 0.6 is 15.9 Å². The molecule has 1 rings (SSSR count). The summed E-state index contributed by atoms with van der Waals surface area (Å²) in [6.07, 6.45) is 1.74. The van der Waals surface area contributed by atoms with Gasteiger partial charge in [0.1, 0.15) is 0 Å². The second-order valence-corrected chi connectivity index (χ2v) is 2.77. The third-order valence-corrected chi connectivity index (χ3v) is 1.86. The molecule has 1 aromatic rings. The second kappa shape index (κ2) is 3.01. The van der Waals surface area contributed by atoms with Crippen LogP contribution in [0.25, 0.3) is 0 Å². The number of aryl methyl sites for hydroxylation is 1. The molecule has 0 saturated heterocycles. The summed E-state index contributed by atoms with van der Waals surface area (Å²) in [6.45, 7) is 1.91. The van der Waals surface area contributed by atoms with E-state index in [1.807, 2.05) is 13.0 Å². The van der Waals surface area contributed by atoms with Crippen LogP contribution < -0.4 is 4.74 Å². The number of halogens is 1. The molecule has 0 atom stereocenters. The monoisotopic (exact) mass is 201 g/mol. The SMILES string of the molecule is COc1c(Br)ccnc1C. The third kappa shape index (κ3) is 1.29. The van der Waals surface area contributed by atoms with Gasteiger partial charge in [-0.3, -0.25) is 4.98 Å². The maximum atomic E-state index is 5.07. The average Bonchev–Trinajstić information content (AvgIpc) is 1.88. The van der Waals surface area contributed by atoms with E-state index in [0.29, 0.717) is 0 Å². The van der Waals surface area contributed by atoms with Crippen molar-refractivity contribution in [2.75, 3.05) is 7.11 Å². The Balaban J connectivity index is 3.17. The highest BCUT2D eigenvalue weighted by Crippen LogP contribution is 2.25. The van der Waals surface area contributed by atoms with Crippen molar-refractivity contribution >= 4 is 15.9 Å². The van der Waals surface area contributed by atoms with Crippen LogP contribution in [-0.2, 0) is 0 Å². The summed E-state index contributed by atoms with van der Waals surface area (Å²) in [7, 11) is 1.63. The average molecular weight is 202 g/mol. The first-order valence-corrected chi connectivity index (χ1v) is 3.70. The molecule has 1 heterocycles. The Bertz CT molecular complexity index is 217. The van der Waals surface area contributed by atoms with Gasteiger partial charge in [-0.15, -0.1) is 0 Å². The molecule has 3 heteroatoms. The van der Waals surface area contributed by atoms with E-state index in [2.05, 4.69) is 20.9 Å².